The molecular weight excluding hydrogens is 202 g/mol. The maximum atomic E-state index is 5.68. The molecule has 0 aromatic carbocycles. The van der Waals surface area contributed by atoms with Gasteiger partial charge in [0.25, 0.3) is 0 Å². The van der Waals surface area contributed by atoms with Crippen LogP contribution in [0.1, 0.15) is 47.0 Å². The summed E-state index contributed by atoms with van der Waals surface area (Å²) in [6.45, 7) is 11.5. The zero-order valence-electron chi connectivity index (χ0n) is 11.4. The molecule has 0 amide bonds. The van der Waals surface area contributed by atoms with Crippen molar-refractivity contribution in [3.8, 4) is 0 Å². The summed E-state index contributed by atoms with van der Waals surface area (Å²) < 4.78 is 10.9. The molecule has 0 aromatic heterocycles. The summed E-state index contributed by atoms with van der Waals surface area (Å²) in [7, 11) is 0. The molecule has 16 heavy (non-hydrogen) atoms. The third-order valence-corrected chi connectivity index (χ3v) is 2.76. The second-order valence-corrected chi connectivity index (χ2v) is 5.17. The minimum absolute atomic E-state index is 0.211. The van der Waals surface area contributed by atoms with Crippen LogP contribution >= 0.6 is 0 Å². The summed E-state index contributed by atoms with van der Waals surface area (Å²) >= 11 is 0. The van der Waals surface area contributed by atoms with Crippen LogP contribution in [0.4, 0.5) is 0 Å². The van der Waals surface area contributed by atoms with Crippen LogP contribution < -0.4 is 5.73 Å². The number of nitrogens with two attached hydrogens (primary N) is 1. The summed E-state index contributed by atoms with van der Waals surface area (Å²) in [4.78, 5) is 0. The maximum Gasteiger partial charge on any atom is 0.0780 e. The molecule has 0 spiro atoms. The predicted molar refractivity (Wildman–Crippen MR) is 68.6 cm³/mol. The average Bonchev–Trinajstić information content (AvgIpc) is 2.25. The Morgan fingerprint density at radius 1 is 1.25 bits per heavy atom. The Hall–Kier alpha value is -0.120. The fourth-order valence-corrected chi connectivity index (χ4v) is 1.42. The highest BCUT2D eigenvalue weighted by Crippen LogP contribution is 2.21. The second-order valence-electron chi connectivity index (χ2n) is 5.17. The Morgan fingerprint density at radius 2 is 1.94 bits per heavy atom. The number of rotatable bonds is 10. The standard InChI is InChI=1S/C13H29NO2/c1-5-15-10-12(2)16-9-7-6-8-13(3,4)11-14/h12H,5-11,14H2,1-4H3. The van der Waals surface area contributed by atoms with Crippen molar-refractivity contribution >= 4 is 0 Å². The first-order valence-corrected chi connectivity index (χ1v) is 6.41. The van der Waals surface area contributed by atoms with Gasteiger partial charge in [0.1, 0.15) is 0 Å². The molecule has 98 valence electrons. The summed E-state index contributed by atoms with van der Waals surface area (Å²) in [6, 6.07) is 0. The number of ether oxygens (including phenoxy) is 2. The van der Waals surface area contributed by atoms with Crippen LogP contribution in [0.2, 0.25) is 0 Å². The molecule has 0 heterocycles. The lowest BCUT2D eigenvalue weighted by molar-refractivity contribution is -0.00503. The van der Waals surface area contributed by atoms with Crippen LogP contribution in [0.3, 0.4) is 0 Å². The van der Waals surface area contributed by atoms with Gasteiger partial charge < -0.3 is 15.2 Å². The molecule has 0 saturated carbocycles. The van der Waals surface area contributed by atoms with Gasteiger partial charge in [-0.15, -0.1) is 0 Å². The number of hydrogen-bond acceptors (Lipinski definition) is 3. The molecule has 0 fully saturated rings. The lowest BCUT2D eigenvalue weighted by atomic mass is 9.87. The van der Waals surface area contributed by atoms with E-state index in [9.17, 15) is 0 Å². The Morgan fingerprint density at radius 3 is 2.50 bits per heavy atom. The fourth-order valence-electron chi connectivity index (χ4n) is 1.42. The summed E-state index contributed by atoms with van der Waals surface area (Å²) in [5.74, 6) is 0. The third kappa shape index (κ3) is 9.13. The first-order valence-electron chi connectivity index (χ1n) is 6.41. The zero-order valence-corrected chi connectivity index (χ0v) is 11.4. The topological polar surface area (TPSA) is 44.5 Å². The highest BCUT2D eigenvalue weighted by molar-refractivity contribution is 4.68. The SMILES string of the molecule is CCOCC(C)OCCCCC(C)(C)CN. The van der Waals surface area contributed by atoms with Gasteiger partial charge in [0, 0.05) is 13.2 Å². The fraction of sp³-hybridized carbons (Fsp3) is 1.00. The molecule has 3 nitrogen and oxygen atoms in total. The lowest BCUT2D eigenvalue weighted by Gasteiger charge is -2.22. The summed E-state index contributed by atoms with van der Waals surface area (Å²) in [5.41, 5.74) is 5.95. The van der Waals surface area contributed by atoms with Crippen molar-refractivity contribution in [2.24, 2.45) is 11.1 Å². The van der Waals surface area contributed by atoms with E-state index >= 15 is 0 Å². The Balaban J connectivity index is 3.33. The molecule has 0 saturated heterocycles. The van der Waals surface area contributed by atoms with E-state index in [1.54, 1.807) is 0 Å². The normalized spacial score (nSPS) is 14.1. The number of unbranched alkanes of at least 4 members (excludes halogenated alkanes) is 1. The molecule has 1 unspecified atom stereocenters. The van der Waals surface area contributed by atoms with Gasteiger partial charge in [-0.25, -0.2) is 0 Å². The molecule has 0 aromatic rings. The average molecular weight is 231 g/mol. The lowest BCUT2D eigenvalue weighted by Crippen LogP contribution is -2.23. The predicted octanol–water partition coefficient (Wildman–Crippen LogP) is 2.58. The molecule has 2 N–H and O–H groups in total. The van der Waals surface area contributed by atoms with E-state index in [0.29, 0.717) is 6.61 Å². The molecular formula is C13H29NO2. The minimum Gasteiger partial charge on any atom is -0.379 e. The van der Waals surface area contributed by atoms with E-state index in [-0.39, 0.29) is 11.5 Å². The third-order valence-electron chi connectivity index (χ3n) is 2.76. The highest BCUT2D eigenvalue weighted by Gasteiger charge is 2.14. The van der Waals surface area contributed by atoms with Gasteiger partial charge in [-0.05, 0) is 38.6 Å². The van der Waals surface area contributed by atoms with E-state index in [1.165, 1.54) is 12.8 Å². The van der Waals surface area contributed by atoms with Crippen molar-refractivity contribution in [1.82, 2.24) is 0 Å². The summed E-state index contributed by atoms with van der Waals surface area (Å²) in [6.07, 6.45) is 3.68. The van der Waals surface area contributed by atoms with E-state index in [1.807, 2.05) is 6.92 Å². The largest absolute Gasteiger partial charge is 0.379 e. The molecule has 0 aliphatic rings. The van der Waals surface area contributed by atoms with Crippen LogP contribution in [0, 0.1) is 5.41 Å². The van der Waals surface area contributed by atoms with Crippen LogP contribution in [0.25, 0.3) is 0 Å². The van der Waals surface area contributed by atoms with Gasteiger partial charge in [0.05, 0.1) is 12.7 Å². The van der Waals surface area contributed by atoms with Crippen molar-refractivity contribution in [1.29, 1.82) is 0 Å². The first-order chi connectivity index (χ1) is 7.52. The maximum absolute atomic E-state index is 5.68. The van der Waals surface area contributed by atoms with Gasteiger partial charge in [0.2, 0.25) is 0 Å². The molecule has 0 aliphatic carbocycles. The molecule has 3 heteroatoms. The summed E-state index contributed by atoms with van der Waals surface area (Å²) in [5, 5.41) is 0. The van der Waals surface area contributed by atoms with E-state index in [4.69, 9.17) is 15.2 Å². The molecule has 0 bridgehead atoms. The smallest absolute Gasteiger partial charge is 0.0780 e. The van der Waals surface area contributed by atoms with Crippen LogP contribution in [0.15, 0.2) is 0 Å². The quantitative estimate of drug-likeness (QED) is 0.588. The first kappa shape index (κ1) is 15.9. The van der Waals surface area contributed by atoms with Crippen LogP contribution in [-0.2, 0) is 9.47 Å². The monoisotopic (exact) mass is 231 g/mol. The molecule has 0 radical (unpaired) electrons. The Bertz CT molecular complexity index is 160. The van der Waals surface area contributed by atoms with E-state index in [2.05, 4.69) is 20.8 Å². The molecule has 0 rings (SSSR count). The van der Waals surface area contributed by atoms with Crippen LogP contribution in [-0.4, -0.2) is 32.5 Å². The van der Waals surface area contributed by atoms with Gasteiger partial charge in [-0.2, -0.15) is 0 Å². The van der Waals surface area contributed by atoms with Crippen molar-refractivity contribution in [3.63, 3.8) is 0 Å². The highest BCUT2D eigenvalue weighted by atomic mass is 16.5. The van der Waals surface area contributed by atoms with Gasteiger partial charge in [-0.1, -0.05) is 20.3 Å². The van der Waals surface area contributed by atoms with Crippen LogP contribution in [0.5, 0.6) is 0 Å². The molecule has 0 aliphatic heterocycles. The number of hydrogen-bond donors (Lipinski definition) is 1. The van der Waals surface area contributed by atoms with E-state index < -0.39 is 0 Å². The van der Waals surface area contributed by atoms with Gasteiger partial charge >= 0.3 is 0 Å². The Labute approximate surface area is 101 Å². The molecule has 1 atom stereocenters. The van der Waals surface area contributed by atoms with Crippen molar-refractivity contribution in [2.75, 3.05) is 26.4 Å². The van der Waals surface area contributed by atoms with Gasteiger partial charge in [0.15, 0.2) is 0 Å². The van der Waals surface area contributed by atoms with Crippen molar-refractivity contribution in [2.45, 2.75) is 53.1 Å². The van der Waals surface area contributed by atoms with Gasteiger partial charge in [-0.3, -0.25) is 0 Å². The van der Waals surface area contributed by atoms with Crippen molar-refractivity contribution in [3.05, 3.63) is 0 Å². The Kier molecular flexibility index (Phi) is 8.90. The van der Waals surface area contributed by atoms with E-state index in [0.717, 1.165) is 26.2 Å². The minimum atomic E-state index is 0.211. The van der Waals surface area contributed by atoms with Crippen molar-refractivity contribution < 1.29 is 9.47 Å². The zero-order chi connectivity index (χ0) is 12.4. The second kappa shape index (κ2) is 8.97.